The van der Waals surface area contributed by atoms with Crippen LogP contribution < -0.4 is 16.0 Å². The Labute approximate surface area is 149 Å². The summed E-state index contributed by atoms with van der Waals surface area (Å²) in [6, 6.07) is 8.21. The summed E-state index contributed by atoms with van der Waals surface area (Å²) in [7, 11) is -2.18. The molecular formula is C17H17N5O3S. The molecule has 0 spiro atoms. The Morgan fingerprint density at radius 2 is 2.04 bits per heavy atom. The molecule has 3 N–H and O–H groups in total. The van der Waals surface area contributed by atoms with Gasteiger partial charge in [-0.05, 0) is 31.0 Å². The van der Waals surface area contributed by atoms with E-state index in [1.54, 1.807) is 25.2 Å². The maximum atomic E-state index is 12.5. The van der Waals surface area contributed by atoms with Crippen molar-refractivity contribution in [1.82, 2.24) is 14.5 Å². The van der Waals surface area contributed by atoms with Gasteiger partial charge in [-0.15, -0.1) is 0 Å². The van der Waals surface area contributed by atoms with Gasteiger partial charge in [-0.3, -0.25) is 4.79 Å². The lowest BCUT2D eigenvalue weighted by molar-refractivity contribution is 0.598. The summed E-state index contributed by atoms with van der Waals surface area (Å²) >= 11 is 0. The van der Waals surface area contributed by atoms with Crippen molar-refractivity contribution in [2.24, 2.45) is 12.2 Å². The van der Waals surface area contributed by atoms with Gasteiger partial charge >= 0.3 is 0 Å². The summed E-state index contributed by atoms with van der Waals surface area (Å²) in [6.45, 7) is 0. The number of nitrogens with zero attached hydrogens (tertiary/aromatic N) is 3. The second kappa shape index (κ2) is 5.89. The number of benzene rings is 1. The summed E-state index contributed by atoms with van der Waals surface area (Å²) in [4.78, 5) is 21.4. The maximum absolute atomic E-state index is 12.5. The zero-order chi connectivity index (χ0) is 18.5. The van der Waals surface area contributed by atoms with Crippen LogP contribution in [0, 0.1) is 0 Å². The summed E-state index contributed by atoms with van der Waals surface area (Å²) in [6.07, 6.45) is 3.50. The predicted molar refractivity (Wildman–Crippen MR) is 98.2 cm³/mol. The normalized spacial score (nSPS) is 14.5. The van der Waals surface area contributed by atoms with Crippen LogP contribution in [-0.2, 0) is 17.1 Å². The minimum absolute atomic E-state index is 0.00512. The van der Waals surface area contributed by atoms with Crippen molar-refractivity contribution in [3.63, 3.8) is 0 Å². The first-order chi connectivity index (χ1) is 12.3. The molecule has 0 atom stereocenters. The van der Waals surface area contributed by atoms with E-state index in [2.05, 4.69) is 15.3 Å². The number of hydrogen-bond donors (Lipinski definition) is 2. The molecule has 1 saturated carbocycles. The van der Waals surface area contributed by atoms with E-state index in [1.807, 2.05) is 0 Å². The number of nitrogens with one attached hydrogen (secondary N) is 1. The molecule has 0 amide bonds. The molecule has 134 valence electrons. The van der Waals surface area contributed by atoms with Gasteiger partial charge in [-0.2, -0.15) is 0 Å². The van der Waals surface area contributed by atoms with E-state index in [0.717, 1.165) is 12.8 Å². The quantitative estimate of drug-likeness (QED) is 0.711. The molecule has 2 aromatic heterocycles. The first kappa shape index (κ1) is 16.7. The van der Waals surface area contributed by atoms with Gasteiger partial charge in [0.1, 0.15) is 11.2 Å². The average molecular weight is 371 g/mol. The monoisotopic (exact) mass is 371 g/mol. The third kappa shape index (κ3) is 3.06. The van der Waals surface area contributed by atoms with Gasteiger partial charge in [-0.1, -0.05) is 12.1 Å². The molecular weight excluding hydrogens is 354 g/mol. The van der Waals surface area contributed by atoms with Crippen LogP contribution in [0.25, 0.3) is 22.2 Å². The van der Waals surface area contributed by atoms with Gasteiger partial charge in [0, 0.05) is 18.7 Å². The van der Waals surface area contributed by atoms with Crippen LogP contribution in [0.1, 0.15) is 12.8 Å². The Balaban J connectivity index is 1.94. The minimum Gasteiger partial charge on any atom is -0.367 e. The first-order valence-corrected chi connectivity index (χ1v) is 9.64. The molecule has 1 aliphatic carbocycles. The number of nitrogens with two attached hydrogens (primary N) is 1. The van der Waals surface area contributed by atoms with Crippen LogP contribution >= 0.6 is 0 Å². The van der Waals surface area contributed by atoms with Crippen LogP contribution in [0.15, 0.2) is 46.3 Å². The molecule has 26 heavy (non-hydrogen) atoms. The van der Waals surface area contributed by atoms with Crippen LogP contribution in [0.3, 0.4) is 0 Å². The fourth-order valence-corrected chi connectivity index (χ4v) is 3.29. The van der Waals surface area contributed by atoms with Crippen molar-refractivity contribution in [3.8, 4) is 11.3 Å². The third-order valence-corrected chi connectivity index (χ3v) is 5.19. The number of aromatic nitrogens is 3. The fraction of sp³-hybridized carbons (Fsp3) is 0.235. The number of pyridine rings is 1. The standard InChI is InChI=1S/C17H17N5O3S/c1-22-9-19-14-8-13(10-3-2-4-12(7-10)26(18,24)25)21-16(15(14)17(22)23)20-11-5-6-11/h2-4,7-9,11H,5-6H2,1H3,(H,20,21)(H2,18,24,25). The lowest BCUT2D eigenvalue weighted by Gasteiger charge is -2.11. The zero-order valence-electron chi connectivity index (χ0n) is 14.0. The second-order valence-electron chi connectivity index (χ2n) is 6.40. The van der Waals surface area contributed by atoms with Gasteiger partial charge in [0.05, 0.1) is 22.4 Å². The average Bonchev–Trinajstić information content (AvgIpc) is 3.41. The van der Waals surface area contributed by atoms with Crippen molar-refractivity contribution in [1.29, 1.82) is 0 Å². The predicted octanol–water partition coefficient (Wildman–Crippen LogP) is 1.22. The molecule has 0 saturated heterocycles. The van der Waals surface area contributed by atoms with Crippen LogP contribution in [0.2, 0.25) is 0 Å². The van der Waals surface area contributed by atoms with Crippen molar-refractivity contribution in [2.45, 2.75) is 23.8 Å². The molecule has 0 bridgehead atoms. The number of anilines is 1. The number of hydrogen-bond acceptors (Lipinski definition) is 6. The van der Waals surface area contributed by atoms with Gasteiger partial charge in [0.15, 0.2) is 0 Å². The van der Waals surface area contributed by atoms with Crippen molar-refractivity contribution in [3.05, 3.63) is 47.0 Å². The molecule has 8 nitrogen and oxygen atoms in total. The summed E-state index contributed by atoms with van der Waals surface area (Å²) in [5, 5.41) is 8.92. The summed E-state index contributed by atoms with van der Waals surface area (Å²) in [5.41, 5.74) is 1.42. The summed E-state index contributed by atoms with van der Waals surface area (Å²) < 4.78 is 24.6. The molecule has 2 heterocycles. The highest BCUT2D eigenvalue weighted by atomic mass is 32.2. The van der Waals surface area contributed by atoms with Gasteiger partial charge in [-0.25, -0.2) is 23.5 Å². The van der Waals surface area contributed by atoms with Gasteiger partial charge < -0.3 is 9.88 Å². The smallest absolute Gasteiger partial charge is 0.264 e. The van der Waals surface area contributed by atoms with E-state index < -0.39 is 10.0 Å². The third-order valence-electron chi connectivity index (χ3n) is 4.28. The summed E-state index contributed by atoms with van der Waals surface area (Å²) in [5.74, 6) is 0.467. The van der Waals surface area contributed by atoms with Crippen molar-refractivity contribution < 1.29 is 8.42 Å². The Morgan fingerprint density at radius 3 is 2.73 bits per heavy atom. The lowest BCUT2D eigenvalue weighted by atomic mass is 10.1. The molecule has 1 aliphatic rings. The number of rotatable bonds is 4. The Morgan fingerprint density at radius 1 is 1.27 bits per heavy atom. The number of primary sulfonamides is 1. The fourth-order valence-electron chi connectivity index (χ4n) is 2.73. The Kier molecular flexibility index (Phi) is 3.78. The number of fused-ring (bicyclic) bond motifs is 1. The Hall–Kier alpha value is -2.78. The highest BCUT2D eigenvalue weighted by Gasteiger charge is 2.24. The first-order valence-electron chi connectivity index (χ1n) is 8.09. The number of aryl methyl sites for hydroxylation is 1. The van der Waals surface area contributed by atoms with Gasteiger partial charge in [0.25, 0.3) is 5.56 Å². The van der Waals surface area contributed by atoms with E-state index in [0.29, 0.717) is 34.0 Å². The molecule has 1 aromatic carbocycles. The molecule has 3 aromatic rings. The molecule has 0 aliphatic heterocycles. The van der Waals surface area contributed by atoms with E-state index >= 15 is 0 Å². The van der Waals surface area contributed by atoms with Crippen LogP contribution in [0.5, 0.6) is 0 Å². The molecule has 4 rings (SSSR count). The second-order valence-corrected chi connectivity index (χ2v) is 7.96. The van der Waals surface area contributed by atoms with Crippen molar-refractivity contribution >= 4 is 26.7 Å². The van der Waals surface area contributed by atoms with Crippen molar-refractivity contribution in [2.75, 3.05) is 5.32 Å². The largest absolute Gasteiger partial charge is 0.367 e. The zero-order valence-corrected chi connectivity index (χ0v) is 14.8. The van der Waals surface area contributed by atoms with Crippen LogP contribution in [0.4, 0.5) is 5.82 Å². The molecule has 9 heteroatoms. The lowest BCUT2D eigenvalue weighted by Crippen LogP contribution is -2.19. The van der Waals surface area contributed by atoms with E-state index in [4.69, 9.17) is 5.14 Å². The topological polar surface area (TPSA) is 120 Å². The highest BCUT2D eigenvalue weighted by Crippen LogP contribution is 2.30. The number of sulfonamides is 1. The van der Waals surface area contributed by atoms with Crippen LogP contribution in [-0.4, -0.2) is 29.0 Å². The molecule has 1 fully saturated rings. The highest BCUT2D eigenvalue weighted by molar-refractivity contribution is 7.89. The molecule has 0 unspecified atom stereocenters. The maximum Gasteiger partial charge on any atom is 0.264 e. The molecule has 0 radical (unpaired) electrons. The Bertz CT molecular complexity index is 1180. The SMILES string of the molecule is Cn1cnc2cc(-c3cccc(S(N)(=O)=O)c3)nc(NC3CC3)c2c1=O. The van der Waals surface area contributed by atoms with E-state index in [-0.39, 0.29) is 10.5 Å². The minimum atomic E-state index is -3.82. The van der Waals surface area contributed by atoms with Gasteiger partial charge in [0.2, 0.25) is 10.0 Å². The van der Waals surface area contributed by atoms with E-state index in [9.17, 15) is 13.2 Å². The van der Waals surface area contributed by atoms with E-state index in [1.165, 1.54) is 23.0 Å².